The third-order valence-corrected chi connectivity index (χ3v) is 4.54. The maximum Gasteiger partial charge on any atom is 0.289 e. The summed E-state index contributed by atoms with van der Waals surface area (Å²) in [6.45, 7) is -0.296. The second-order valence-corrected chi connectivity index (χ2v) is 7.39. The maximum absolute atomic E-state index is 13.7. The molecule has 1 fully saturated rings. The molecule has 1 aliphatic rings. The van der Waals surface area contributed by atoms with E-state index in [4.69, 9.17) is 33.9 Å². The van der Waals surface area contributed by atoms with Gasteiger partial charge in [-0.05, 0) is 6.07 Å². The zero-order valence-corrected chi connectivity index (χ0v) is 17.0. The summed E-state index contributed by atoms with van der Waals surface area (Å²) in [7, 11) is -4.94. The van der Waals surface area contributed by atoms with Crippen molar-refractivity contribution in [2.24, 2.45) is 0 Å². The Balaban J connectivity index is 0.000000523. The highest BCUT2D eigenvalue weighted by molar-refractivity contribution is 5.79. The number of nitrogens with zero attached hydrogens (tertiary/aromatic N) is 4. The molecule has 0 amide bonds. The number of fused-ring (bicyclic) bond motifs is 1. The number of hydrogen-bond donors (Lipinski definition) is 3. The molecule has 0 radical (unpaired) electrons. The fourth-order valence-electron chi connectivity index (χ4n) is 3.06. The molecular formula is C17H19ClFN5O8. The lowest BCUT2D eigenvalue weighted by atomic mass is 10.2. The van der Waals surface area contributed by atoms with Crippen molar-refractivity contribution in [3.63, 3.8) is 0 Å². The van der Waals surface area contributed by atoms with Crippen molar-refractivity contribution in [3.8, 4) is 0 Å². The van der Waals surface area contributed by atoms with Gasteiger partial charge < -0.3 is 25.5 Å². The number of nitrogen functional groups attached to an aromatic ring is 1. The number of aliphatic hydroxyl groups is 2. The van der Waals surface area contributed by atoms with Crippen LogP contribution in [0.1, 0.15) is 18.2 Å². The fraction of sp³-hybridized carbons (Fsp3) is 0.353. The average molecular weight is 476 g/mol. The molecule has 0 bridgehead atoms. The zero-order valence-electron chi connectivity index (χ0n) is 16.3. The lowest BCUT2D eigenvalue weighted by Crippen LogP contribution is -2.68. The van der Waals surface area contributed by atoms with E-state index in [0.717, 1.165) is 0 Å². The van der Waals surface area contributed by atoms with E-state index in [2.05, 4.69) is 9.97 Å². The van der Waals surface area contributed by atoms with Gasteiger partial charge in [-0.1, -0.05) is 27.9 Å². The summed E-state index contributed by atoms with van der Waals surface area (Å²) in [5.74, 6) is -0.169. The van der Waals surface area contributed by atoms with Gasteiger partial charge in [-0.2, -0.15) is 0 Å². The molecule has 2 aromatic heterocycles. The van der Waals surface area contributed by atoms with E-state index < -0.39 is 28.7 Å². The van der Waals surface area contributed by atoms with Gasteiger partial charge >= 0.3 is 0 Å². The summed E-state index contributed by atoms with van der Waals surface area (Å²) >= 11 is 0. The quantitative estimate of drug-likeness (QED) is 0.297. The first-order chi connectivity index (χ1) is 15.1. The Morgan fingerprint density at radius 1 is 1.28 bits per heavy atom. The van der Waals surface area contributed by atoms with Crippen LogP contribution in [0.25, 0.3) is 11.2 Å². The molecule has 1 aromatic carbocycles. The molecule has 4 rings (SSSR count). The third-order valence-electron chi connectivity index (χ3n) is 4.54. The Morgan fingerprint density at radius 3 is 2.59 bits per heavy atom. The van der Waals surface area contributed by atoms with Crippen LogP contribution in [-0.4, -0.2) is 43.6 Å². The van der Waals surface area contributed by atoms with Gasteiger partial charge in [-0.25, -0.2) is 28.0 Å². The Kier molecular flexibility index (Phi) is 7.37. The van der Waals surface area contributed by atoms with E-state index in [1.807, 2.05) is 0 Å². The molecular weight excluding hydrogens is 457 g/mol. The topological polar surface area (TPSA) is 212 Å². The monoisotopic (exact) mass is 475 g/mol. The normalized spacial score (nSPS) is 20.8. The molecule has 0 saturated carbocycles. The minimum absolute atomic E-state index is 0.0223. The summed E-state index contributed by atoms with van der Waals surface area (Å²) in [4.78, 5) is 14.1. The highest BCUT2D eigenvalue weighted by atomic mass is 35.7. The van der Waals surface area contributed by atoms with E-state index in [1.54, 1.807) is 22.8 Å². The molecule has 0 spiro atoms. The van der Waals surface area contributed by atoms with E-state index in [9.17, 15) is 14.6 Å². The highest BCUT2D eigenvalue weighted by Crippen LogP contribution is 2.30. The summed E-state index contributed by atoms with van der Waals surface area (Å²) < 4.78 is 56.2. The molecule has 3 aromatic rings. The van der Waals surface area contributed by atoms with Crippen LogP contribution in [0.5, 0.6) is 0 Å². The molecule has 32 heavy (non-hydrogen) atoms. The lowest BCUT2D eigenvalue weighted by Gasteiger charge is -2.17. The van der Waals surface area contributed by atoms with Crippen LogP contribution < -0.4 is 33.9 Å². The minimum atomic E-state index is -4.94. The maximum atomic E-state index is 13.7. The number of ether oxygens (including phenoxy) is 1. The van der Waals surface area contributed by atoms with Crippen molar-refractivity contribution in [2.45, 2.75) is 31.5 Å². The van der Waals surface area contributed by atoms with Gasteiger partial charge in [-0.3, -0.25) is 4.57 Å². The Hall–Kier alpha value is -2.69. The van der Waals surface area contributed by atoms with Gasteiger partial charge in [0.1, 0.15) is 24.5 Å². The number of benzene rings is 1. The molecule has 3 heterocycles. The number of aromatic nitrogens is 4. The average Bonchev–Trinajstić information content (AvgIpc) is 3.31. The van der Waals surface area contributed by atoms with Gasteiger partial charge in [0.05, 0.1) is 12.7 Å². The van der Waals surface area contributed by atoms with Gasteiger partial charge in [0.15, 0.2) is 6.61 Å². The summed E-state index contributed by atoms with van der Waals surface area (Å²) in [5.41, 5.74) is 7.34. The van der Waals surface area contributed by atoms with Crippen molar-refractivity contribution >= 4 is 17.0 Å². The predicted molar refractivity (Wildman–Crippen MR) is 90.4 cm³/mol. The highest BCUT2D eigenvalue weighted by Gasteiger charge is 2.36. The van der Waals surface area contributed by atoms with Crippen molar-refractivity contribution in [1.82, 2.24) is 14.5 Å². The van der Waals surface area contributed by atoms with E-state index in [0.29, 0.717) is 23.1 Å². The molecule has 174 valence electrons. The standard InChI is InChI=1S/C17H18FN5O4.ClHO4/c18-11-4-2-1-3-10(11)7-26-23-9-21-17-15(16(23)19)20-8-22(17)14-5-12(25)13(6-24)27-14;2-1(3,4)5/h1-4,8-9,12-14,19,24-25H,5-7H2;(H,2,3,4,5)/t12-,13+,14+;/m0./s1. The Morgan fingerprint density at radius 2 is 1.97 bits per heavy atom. The van der Waals surface area contributed by atoms with E-state index in [-0.39, 0.29) is 24.8 Å². The second-order valence-electron chi connectivity index (χ2n) is 6.64. The zero-order chi connectivity index (χ0) is 23.5. The SMILES string of the molecule is Nc1c2ncn([C@H]3C[C@H](O)[C@@H](CO)O3)c2nc[n+]1OCc1ccccc1F.[O-][Cl+3]([O-])([O-])[O-]. The molecule has 13 nitrogen and oxygen atoms in total. The van der Waals surface area contributed by atoms with Crippen molar-refractivity contribution in [3.05, 3.63) is 48.3 Å². The van der Waals surface area contributed by atoms with Gasteiger partial charge in [0.25, 0.3) is 12.1 Å². The van der Waals surface area contributed by atoms with E-state index in [1.165, 1.54) is 23.5 Å². The van der Waals surface area contributed by atoms with Crippen LogP contribution in [0.3, 0.4) is 0 Å². The number of nitrogens with two attached hydrogens (primary N) is 1. The molecule has 0 unspecified atom stereocenters. The molecule has 3 atom stereocenters. The first kappa shape index (κ1) is 24.0. The largest absolute Gasteiger partial charge is 0.394 e. The summed E-state index contributed by atoms with van der Waals surface area (Å²) in [5, 5.41) is 19.1. The van der Waals surface area contributed by atoms with Crippen molar-refractivity contribution in [2.75, 3.05) is 12.3 Å². The number of rotatable bonds is 5. The third kappa shape index (κ3) is 5.76. The lowest BCUT2D eigenvalue weighted by molar-refractivity contribution is -2.00. The number of anilines is 1. The fourth-order valence-corrected chi connectivity index (χ4v) is 3.06. The first-order valence-corrected chi connectivity index (χ1v) is 10.3. The molecule has 1 saturated heterocycles. The predicted octanol–water partition coefficient (Wildman–Crippen LogP) is -5.05. The Bertz CT molecular complexity index is 1060. The Labute approximate surface area is 182 Å². The molecule has 4 N–H and O–H groups in total. The van der Waals surface area contributed by atoms with Gasteiger partial charge in [0, 0.05) is 12.0 Å². The first-order valence-electron chi connectivity index (χ1n) is 9.04. The number of halogens is 2. The van der Waals surface area contributed by atoms with Crippen LogP contribution in [0, 0.1) is 16.1 Å². The summed E-state index contributed by atoms with van der Waals surface area (Å²) in [6, 6.07) is 6.29. The number of aliphatic hydroxyl groups excluding tert-OH is 2. The van der Waals surface area contributed by atoms with Crippen LogP contribution in [-0.2, 0) is 11.3 Å². The van der Waals surface area contributed by atoms with E-state index >= 15 is 0 Å². The second kappa shape index (κ2) is 9.85. The van der Waals surface area contributed by atoms with Crippen LogP contribution in [0.15, 0.2) is 36.9 Å². The molecule has 0 aliphatic carbocycles. The van der Waals surface area contributed by atoms with Crippen molar-refractivity contribution in [1.29, 1.82) is 0 Å². The van der Waals surface area contributed by atoms with Gasteiger partial charge in [-0.15, -0.1) is 10.2 Å². The molecule has 1 aliphatic heterocycles. The van der Waals surface area contributed by atoms with Crippen LogP contribution in [0.2, 0.25) is 0 Å². The van der Waals surface area contributed by atoms with Crippen molar-refractivity contribution < 1.29 is 57.8 Å². The van der Waals surface area contributed by atoms with Gasteiger partial charge in [0.2, 0.25) is 11.2 Å². The number of hydrogen-bond acceptors (Lipinski definition) is 11. The van der Waals surface area contributed by atoms with Crippen LogP contribution in [0.4, 0.5) is 10.2 Å². The minimum Gasteiger partial charge on any atom is -0.394 e. The van der Waals surface area contributed by atoms with Crippen LogP contribution >= 0.6 is 0 Å². The smallest absolute Gasteiger partial charge is 0.289 e. The molecule has 15 heteroatoms. The summed E-state index contributed by atoms with van der Waals surface area (Å²) in [6.07, 6.45) is 1.24. The number of imidazole rings is 1.